The Balaban J connectivity index is 2.02. The molecule has 0 fully saturated rings. The number of pyridine rings is 1. The summed E-state index contributed by atoms with van der Waals surface area (Å²) in [5, 5.41) is 0. The maximum atomic E-state index is 11.0. The number of ether oxygens (including phenoxy) is 1. The van der Waals surface area contributed by atoms with Crippen molar-refractivity contribution in [1.29, 1.82) is 0 Å². The molecule has 0 aliphatic carbocycles. The smallest absolute Gasteiger partial charge is 0.251 e. The average molecular weight is 327 g/mol. The summed E-state index contributed by atoms with van der Waals surface area (Å²) in [7, 11) is 0. The number of hydrogen-bond acceptors (Lipinski definition) is 2. The van der Waals surface area contributed by atoms with E-state index in [2.05, 4.69) is 27.6 Å². The first-order valence-electron chi connectivity index (χ1n) is 4.80. The van der Waals surface area contributed by atoms with Gasteiger partial charge in [-0.3, -0.25) is 4.79 Å². The van der Waals surface area contributed by atoms with Crippen LogP contribution in [0, 0.1) is 3.57 Å². The minimum atomic E-state index is -0.153. The monoisotopic (exact) mass is 327 g/mol. The van der Waals surface area contributed by atoms with Crippen molar-refractivity contribution in [2.24, 2.45) is 0 Å². The second-order valence-electron chi connectivity index (χ2n) is 3.30. The van der Waals surface area contributed by atoms with Crippen molar-refractivity contribution < 1.29 is 4.74 Å². The van der Waals surface area contributed by atoms with Gasteiger partial charge in [-0.2, -0.15) is 0 Å². The van der Waals surface area contributed by atoms with Gasteiger partial charge in [-0.05, 0) is 46.4 Å². The minimum Gasteiger partial charge on any atom is -0.489 e. The zero-order valence-electron chi connectivity index (χ0n) is 8.44. The van der Waals surface area contributed by atoms with Crippen LogP contribution in [0.1, 0.15) is 5.56 Å². The molecule has 0 aliphatic rings. The molecule has 0 spiro atoms. The third kappa shape index (κ3) is 3.10. The van der Waals surface area contributed by atoms with Crippen molar-refractivity contribution in [2.45, 2.75) is 6.61 Å². The SMILES string of the molecule is O=c1cc(OCc2ccc(I)cc2)cc[nH]1. The van der Waals surface area contributed by atoms with Gasteiger partial charge in [0.1, 0.15) is 12.4 Å². The molecule has 4 heteroatoms. The summed E-state index contributed by atoms with van der Waals surface area (Å²) < 4.78 is 6.68. The highest BCUT2D eigenvalue weighted by Gasteiger charge is 1.96. The van der Waals surface area contributed by atoms with Crippen molar-refractivity contribution >= 4 is 22.6 Å². The summed E-state index contributed by atoms with van der Waals surface area (Å²) in [4.78, 5) is 13.6. The Labute approximate surface area is 107 Å². The summed E-state index contributed by atoms with van der Waals surface area (Å²) in [5.74, 6) is 0.585. The maximum Gasteiger partial charge on any atom is 0.251 e. The maximum absolute atomic E-state index is 11.0. The van der Waals surface area contributed by atoms with E-state index in [0.717, 1.165) is 5.56 Å². The number of nitrogens with one attached hydrogen (secondary N) is 1. The zero-order chi connectivity index (χ0) is 11.4. The summed E-state index contributed by atoms with van der Waals surface area (Å²) in [6, 6.07) is 11.2. The molecular weight excluding hydrogens is 317 g/mol. The number of halogens is 1. The molecular formula is C12H10INO2. The lowest BCUT2D eigenvalue weighted by Crippen LogP contribution is -2.04. The first-order valence-corrected chi connectivity index (χ1v) is 5.88. The average Bonchev–Trinajstić information content (AvgIpc) is 2.28. The number of aromatic amines is 1. The fourth-order valence-electron chi connectivity index (χ4n) is 1.26. The molecule has 82 valence electrons. The predicted octanol–water partition coefficient (Wildman–Crippen LogP) is 2.56. The first-order chi connectivity index (χ1) is 7.74. The van der Waals surface area contributed by atoms with Crippen LogP contribution in [0.25, 0.3) is 0 Å². The van der Waals surface area contributed by atoms with Gasteiger partial charge in [0.15, 0.2) is 0 Å². The predicted molar refractivity (Wildman–Crippen MR) is 70.6 cm³/mol. The summed E-state index contributed by atoms with van der Waals surface area (Å²) >= 11 is 2.25. The van der Waals surface area contributed by atoms with Crippen molar-refractivity contribution in [3.05, 3.63) is 62.1 Å². The minimum absolute atomic E-state index is 0.153. The van der Waals surface area contributed by atoms with Crippen molar-refractivity contribution in [2.75, 3.05) is 0 Å². The van der Waals surface area contributed by atoms with Gasteiger partial charge in [0.25, 0.3) is 5.56 Å². The molecule has 2 aromatic rings. The molecule has 0 saturated carbocycles. The van der Waals surface area contributed by atoms with Crippen LogP contribution < -0.4 is 10.3 Å². The summed E-state index contributed by atoms with van der Waals surface area (Å²) in [6.45, 7) is 0.473. The molecule has 1 heterocycles. The third-order valence-corrected chi connectivity index (χ3v) is 2.78. The largest absolute Gasteiger partial charge is 0.489 e. The van der Waals surface area contributed by atoms with E-state index in [1.165, 1.54) is 9.64 Å². The lowest BCUT2D eigenvalue weighted by Gasteiger charge is -2.05. The number of H-pyrrole nitrogens is 1. The van der Waals surface area contributed by atoms with Gasteiger partial charge in [0.05, 0.1) is 0 Å². The Kier molecular flexibility index (Phi) is 3.61. The van der Waals surface area contributed by atoms with Crippen molar-refractivity contribution in [3.8, 4) is 5.75 Å². The number of hydrogen-bond donors (Lipinski definition) is 1. The van der Waals surface area contributed by atoms with E-state index in [4.69, 9.17) is 4.74 Å². The molecule has 0 aliphatic heterocycles. The normalized spacial score (nSPS) is 10.1. The topological polar surface area (TPSA) is 42.1 Å². The Morgan fingerprint density at radius 3 is 2.62 bits per heavy atom. The van der Waals surface area contributed by atoms with Crippen molar-refractivity contribution in [1.82, 2.24) is 4.98 Å². The van der Waals surface area contributed by atoms with Crippen LogP contribution in [0.15, 0.2) is 47.4 Å². The first kappa shape index (κ1) is 11.2. The van der Waals surface area contributed by atoms with Crippen LogP contribution >= 0.6 is 22.6 Å². The molecule has 2 rings (SSSR count). The highest BCUT2D eigenvalue weighted by Crippen LogP contribution is 2.11. The molecule has 1 N–H and O–H groups in total. The van der Waals surface area contributed by atoms with Gasteiger partial charge in [0, 0.05) is 15.8 Å². The second-order valence-corrected chi connectivity index (χ2v) is 4.55. The Hall–Kier alpha value is -1.30. The summed E-state index contributed by atoms with van der Waals surface area (Å²) in [6.07, 6.45) is 1.57. The lowest BCUT2D eigenvalue weighted by molar-refractivity contribution is 0.305. The fraction of sp³-hybridized carbons (Fsp3) is 0.0833. The Morgan fingerprint density at radius 1 is 1.19 bits per heavy atom. The van der Waals surface area contributed by atoms with Crippen LogP contribution in [0.5, 0.6) is 5.75 Å². The molecule has 0 amide bonds. The lowest BCUT2D eigenvalue weighted by atomic mass is 10.2. The van der Waals surface area contributed by atoms with Gasteiger partial charge < -0.3 is 9.72 Å². The Bertz CT molecular complexity index is 519. The quantitative estimate of drug-likeness (QED) is 0.881. The van der Waals surface area contributed by atoms with Gasteiger partial charge in [-0.1, -0.05) is 12.1 Å². The number of aromatic nitrogens is 1. The molecule has 0 unspecified atom stereocenters. The fourth-order valence-corrected chi connectivity index (χ4v) is 1.62. The zero-order valence-corrected chi connectivity index (χ0v) is 10.6. The van der Waals surface area contributed by atoms with E-state index in [0.29, 0.717) is 12.4 Å². The third-order valence-electron chi connectivity index (χ3n) is 2.07. The highest BCUT2D eigenvalue weighted by molar-refractivity contribution is 14.1. The highest BCUT2D eigenvalue weighted by atomic mass is 127. The van der Waals surface area contributed by atoms with E-state index >= 15 is 0 Å². The van der Waals surface area contributed by atoms with E-state index in [1.807, 2.05) is 24.3 Å². The molecule has 16 heavy (non-hydrogen) atoms. The van der Waals surface area contributed by atoms with Crippen molar-refractivity contribution in [3.63, 3.8) is 0 Å². The second kappa shape index (κ2) is 5.16. The van der Waals surface area contributed by atoms with E-state index < -0.39 is 0 Å². The summed E-state index contributed by atoms with van der Waals surface area (Å²) in [5.41, 5.74) is 0.931. The van der Waals surface area contributed by atoms with E-state index in [9.17, 15) is 4.79 Å². The molecule has 0 atom stereocenters. The molecule has 0 saturated heterocycles. The van der Waals surface area contributed by atoms with Crippen LogP contribution in [-0.4, -0.2) is 4.98 Å². The van der Waals surface area contributed by atoms with Gasteiger partial charge >= 0.3 is 0 Å². The molecule has 1 aromatic carbocycles. The van der Waals surface area contributed by atoms with Gasteiger partial charge in [-0.15, -0.1) is 0 Å². The van der Waals surface area contributed by atoms with E-state index in [1.54, 1.807) is 12.3 Å². The number of benzene rings is 1. The van der Waals surface area contributed by atoms with Crippen LogP contribution in [0.3, 0.4) is 0 Å². The molecule has 0 bridgehead atoms. The van der Waals surface area contributed by atoms with Crippen LogP contribution in [0.2, 0.25) is 0 Å². The van der Waals surface area contributed by atoms with Crippen LogP contribution in [-0.2, 0) is 6.61 Å². The number of rotatable bonds is 3. The molecule has 0 radical (unpaired) electrons. The van der Waals surface area contributed by atoms with E-state index in [-0.39, 0.29) is 5.56 Å². The molecule has 1 aromatic heterocycles. The van der Waals surface area contributed by atoms with Crippen LogP contribution in [0.4, 0.5) is 0 Å². The van der Waals surface area contributed by atoms with Gasteiger partial charge in [-0.25, -0.2) is 0 Å². The Morgan fingerprint density at radius 2 is 1.94 bits per heavy atom. The standard InChI is InChI=1S/C12H10INO2/c13-10-3-1-9(2-4-10)8-16-11-5-6-14-12(15)7-11/h1-7H,8H2,(H,14,15). The molecule has 3 nitrogen and oxygen atoms in total. The van der Waals surface area contributed by atoms with Gasteiger partial charge in [0.2, 0.25) is 0 Å².